The summed E-state index contributed by atoms with van der Waals surface area (Å²) in [5.74, 6) is 1.64. The molecule has 1 heterocycles. The van der Waals surface area contributed by atoms with Crippen LogP contribution in [0.15, 0.2) is 12.1 Å². The van der Waals surface area contributed by atoms with Crippen molar-refractivity contribution in [1.82, 2.24) is 10.3 Å². The van der Waals surface area contributed by atoms with E-state index >= 15 is 0 Å². The van der Waals surface area contributed by atoms with Crippen molar-refractivity contribution in [1.29, 1.82) is 0 Å². The van der Waals surface area contributed by atoms with E-state index in [9.17, 15) is 0 Å². The van der Waals surface area contributed by atoms with Crippen molar-refractivity contribution in [2.24, 2.45) is 5.92 Å². The number of pyridine rings is 1. The van der Waals surface area contributed by atoms with Gasteiger partial charge in [-0.15, -0.1) is 0 Å². The predicted octanol–water partition coefficient (Wildman–Crippen LogP) is 3.33. The van der Waals surface area contributed by atoms with Crippen LogP contribution in [0.25, 0.3) is 0 Å². The van der Waals surface area contributed by atoms with E-state index in [2.05, 4.69) is 42.9 Å². The maximum absolute atomic E-state index is 6.18. The lowest BCUT2D eigenvalue weighted by Gasteiger charge is -2.20. The van der Waals surface area contributed by atoms with Crippen LogP contribution < -0.4 is 10.2 Å². The third-order valence-corrected chi connectivity index (χ3v) is 3.18. The van der Waals surface area contributed by atoms with Gasteiger partial charge >= 0.3 is 0 Å². The summed E-state index contributed by atoms with van der Waals surface area (Å²) in [4.78, 5) is 6.87. The molecule has 4 heteroatoms. The Hall–Kier alpha value is -0.800. The molecule has 0 saturated heterocycles. The summed E-state index contributed by atoms with van der Waals surface area (Å²) >= 11 is 6.18. The van der Waals surface area contributed by atoms with Crippen LogP contribution in [0, 0.1) is 5.92 Å². The van der Waals surface area contributed by atoms with Crippen molar-refractivity contribution in [3.05, 3.63) is 22.8 Å². The number of halogens is 1. The van der Waals surface area contributed by atoms with E-state index in [1.165, 1.54) is 0 Å². The van der Waals surface area contributed by atoms with E-state index < -0.39 is 0 Å². The molecule has 0 saturated carbocycles. The van der Waals surface area contributed by atoms with Gasteiger partial charge in [-0.25, -0.2) is 4.98 Å². The number of aromatic nitrogens is 1. The van der Waals surface area contributed by atoms with E-state index in [1.807, 2.05) is 12.1 Å². The topological polar surface area (TPSA) is 28.2 Å². The Balaban J connectivity index is 2.74. The SMILES string of the molecule is CCN(CC)c1ccc(Cl)c(CNCC(C)C)n1. The number of nitrogens with one attached hydrogen (secondary N) is 1. The minimum absolute atomic E-state index is 0.634. The lowest BCUT2D eigenvalue weighted by molar-refractivity contribution is 0.548. The van der Waals surface area contributed by atoms with E-state index in [0.717, 1.165) is 42.7 Å². The first-order valence-corrected chi connectivity index (χ1v) is 7.07. The Morgan fingerprint density at radius 3 is 2.50 bits per heavy atom. The molecule has 0 fully saturated rings. The number of nitrogens with zero attached hydrogens (tertiary/aromatic N) is 2. The van der Waals surface area contributed by atoms with Crippen molar-refractivity contribution in [2.45, 2.75) is 34.2 Å². The molecular weight excluding hydrogens is 246 g/mol. The summed E-state index contributed by atoms with van der Waals surface area (Å²) in [6.07, 6.45) is 0. The first-order chi connectivity index (χ1) is 8.58. The van der Waals surface area contributed by atoms with Crippen molar-refractivity contribution < 1.29 is 0 Å². The number of anilines is 1. The van der Waals surface area contributed by atoms with Crippen LogP contribution in [0.2, 0.25) is 5.02 Å². The Morgan fingerprint density at radius 1 is 1.28 bits per heavy atom. The lowest BCUT2D eigenvalue weighted by atomic mass is 10.2. The molecular formula is C14H24ClN3. The Morgan fingerprint density at radius 2 is 1.94 bits per heavy atom. The maximum atomic E-state index is 6.18. The van der Waals surface area contributed by atoms with Crippen molar-refractivity contribution in [3.8, 4) is 0 Å². The summed E-state index contributed by atoms with van der Waals surface area (Å²) < 4.78 is 0. The number of hydrogen-bond acceptors (Lipinski definition) is 3. The quantitative estimate of drug-likeness (QED) is 0.823. The van der Waals surface area contributed by atoms with Crippen LogP contribution in [-0.4, -0.2) is 24.6 Å². The number of hydrogen-bond donors (Lipinski definition) is 1. The zero-order valence-electron chi connectivity index (χ0n) is 11.8. The van der Waals surface area contributed by atoms with Gasteiger partial charge in [0, 0.05) is 19.6 Å². The van der Waals surface area contributed by atoms with Gasteiger partial charge in [0.25, 0.3) is 0 Å². The molecule has 1 N–H and O–H groups in total. The fraction of sp³-hybridized carbons (Fsp3) is 0.643. The highest BCUT2D eigenvalue weighted by Crippen LogP contribution is 2.19. The molecule has 102 valence electrons. The second kappa shape index (κ2) is 7.59. The average Bonchev–Trinajstić information content (AvgIpc) is 2.34. The Bertz CT molecular complexity index is 362. The highest BCUT2D eigenvalue weighted by molar-refractivity contribution is 6.31. The molecule has 18 heavy (non-hydrogen) atoms. The third kappa shape index (κ3) is 4.46. The van der Waals surface area contributed by atoms with Crippen LogP contribution >= 0.6 is 11.6 Å². The smallest absolute Gasteiger partial charge is 0.128 e. The molecule has 0 bridgehead atoms. The zero-order valence-corrected chi connectivity index (χ0v) is 12.6. The highest BCUT2D eigenvalue weighted by Gasteiger charge is 2.08. The predicted molar refractivity (Wildman–Crippen MR) is 79.4 cm³/mol. The van der Waals surface area contributed by atoms with Crippen LogP contribution in [0.3, 0.4) is 0 Å². The van der Waals surface area contributed by atoms with Gasteiger partial charge in [-0.3, -0.25) is 0 Å². The minimum Gasteiger partial charge on any atom is -0.357 e. The van der Waals surface area contributed by atoms with Crippen molar-refractivity contribution in [3.63, 3.8) is 0 Å². The van der Waals surface area contributed by atoms with Gasteiger partial charge in [0.1, 0.15) is 5.82 Å². The molecule has 3 nitrogen and oxygen atoms in total. The molecule has 1 rings (SSSR count). The minimum atomic E-state index is 0.634. The summed E-state index contributed by atoms with van der Waals surface area (Å²) in [5, 5.41) is 4.12. The van der Waals surface area contributed by atoms with Gasteiger partial charge in [-0.1, -0.05) is 25.4 Å². The molecule has 0 aliphatic rings. The van der Waals surface area contributed by atoms with Gasteiger partial charge < -0.3 is 10.2 Å². The van der Waals surface area contributed by atoms with Gasteiger partial charge in [-0.05, 0) is 38.4 Å². The first-order valence-electron chi connectivity index (χ1n) is 6.69. The van der Waals surface area contributed by atoms with Gasteiger partial charge in [-0.2, -0.15) is 0 Å². The summed E-state index contributed by atoms with van der Waals surface area (Å²) in [6, 6.07) is 3.93. The Labute approximate surface area is 116 Å². The van der Waals surface area contributed by atoms with Crippen LogP contribution in [0.5, 0.6) is 0 Å². The maximum Gasteiger partial charge on any atom is 0.128 e. The average molecular weight is 270 g/mol. The molecule has 0 atom stereocenters. The lowest BCUT2D eigenvalue weighted by Crippen LogP contribution is -2.24. The van der Waals surface area contributed by atoms with E-state index in [-0.39, 0.29) is 0 Å². The van der Waals surface area contributed by atoms with Crippen LogP contribution in [0.4, 0.5) is 5.82 Å². The fourth-order valence-corrected chi connectivity index (χ4v) is 1.97. The van der Waals surface area contributed by atoms with Gasteiger partial charge in [0.05, 0.1) is 10.7 Å². The van der Waals surface area contributed by atoms with Crippen molar-refractivity contribution >= 4 is 17.4 Å². The fourth-order valence-electron chi connectivity index (χ4n) is 1.80. The normalized spacial score (nSPS) is 11.0. The van der Waals surface area contributed by atoms with Crippen LogP contribution in [-0.2, 0) is 6.54 Å². The molecule has 1 aromatic rings. The highest BCUT2D eigenvalue weighted by atomic mass is 35.5. The van der Waals surface area contributed by atoms with Crippen molar-refractivity contribution in [2.75, 3.05) is 24.5 Å². The monoisotopic (exact) mass is 269 g/mol. The second-order valence-electron chi connectivity index (χ2n) is 4.80. The standard InChI is InChI=1S/C14H24ClN3/c1-5-18(6-2)14-8-7-12(15)13(17-14)10-16-9-11(3)4/h7-8,11,16H,5-6,9-10H2,1-4H3. The molecule has 0 spiro atoms. The Kier molecular flexibility index (Phi) is 6.44. The molecule has 0 unspecified atom stereocenters. The molecule has 1 aromatic heterocycles. The zero-order chi connectivity index (χ0) is 13.5. The van der Waals surface area contributed by atoms with E-state index in [1.54, 1.807) is 0 Å². The van der Waals surface area contributed by atoms with Crippen LogP contribution in [0.1, 0.15) is 33.4 Å². The molecule has 0 amide bonds. The summed E-state index contributed by atoms with van der Waals surface area (Å²) in [7, 11) is 0. The third-order valence-electron chi connectivity index (χ3n) is 2.84. The first kappa shape index (κ1) is 15.3. The molecule has 0 aromatic carbocycles. The molecule has 0 aliphatic carbocycles. The summed E-state index contributed by atoms with van der Waals surface area (Å²) in [5.41, 5.74) is 0.932. The summed E-state index contributed by atoms with van der Waals surface area (Å²) in [6.45, 7) is 12.3. The van der Waals surface area contributed by atoms with E-state index in [4.69, 9.17) is 11.6 Å². The van der Waals surface area contributed by atoms with Gasteiger partial charge in [0.15, 0.2) is 0 Å². The van der Waals surface area contributed by atoms with E-state index in [0.29, 0.717) is 5.92 Å². The molecule has 0 radical (unpaired) electrons. The second-order valence-corrected chi connectivity index (χ2v) is 5.20. The van der Waals surface area contributed by atoms with Gasteiger partial charge in [0.2, 0.25) is 0 Å². The largest absolute Gasteiger partial charge is 0.357 e. The molecule has 0 aliphatic heterocycles. The number of rotatable bonds is 7.